The summed E-state index contributed by atoms with van der Waals surface area (Å²) in [5.74, 6) is 0.178. The summed E-state index contributed by atoms with van der Waals surface area (Å²) < 4.78 is 10.4. The number of ether oxygens (including phenoxy) is 2. The van der Waals surface area contributed by atoms with Crippen LogP contribution in [0.2, 0.25) is 0 Å². The number of methoxy groups -OCH3 is 1. The molecule has 24 heavy (non-hydrogen) atoms. The van der Waals surface area contributed by atoms with E-state index in [4.69, 9.17) is 20.3 Å². The van der Waals surface area contributed by atoms with Crippen molar-refractivity contribution in [1.82, 2.24) is 10.6 Å². The Bertz CT molecular complexity index is 620. The molecule has 0 bridgehead atoms. The number of hydrogen-bond acceptors (Lipinski definition) is 6. The van der Waals surface area contributed by atoms with E-state index < -0.39 is 30.1 Å². The predicted octanol–water partition coefficient (Wildman–Crippen LogP) is -1.53. The molecule has 10 heteroatoms. The van der Waals surface area contributed by atoms with Crippen LogP contribution in [0.25, 0.3) is 0 Å². The lowest BCUT2D eigenvalue weighted by Crippen LogP contribution is -2.54. The van der Waals surface area contributed by atoms with Gasteiger partial charge in [-0.05, 0) is 18.2 Å². The molecule has 10 nitrogen and oxygen atoms in total. The Hall–Kier alpha value is -3.10. The molecule has 1 aliphatic rings. The lowest BCUT2D eigenvalue weighted by Gasteiger charge is -2.18. The maximum atomic E-state index is 11.7. The number of nitrogens with two attached hydrogens (primary N) is 1. The number of nitrogens with one attached hydrogen (secondary N) is 2. The first-order chi connectivity index (χ1) is 11.4. The zero-order valence-electron chi connectivity index (χ0n) is 12.8. The summed E-state index contributed by atoms with van der Waals surface area (Å²) >= 11 is 0. The fraction of sp³-hybridized carbons (Fsp3) is 0.357. The molecule has 2 unspecified atom stereocenters. The van der Waals surface area contributed by atoms with E-state index in [0.717, 1.165) is 0 Å². The average molecular weight is 339 g/mol. The second kappa shape index (κ2) is 9.13. The smallest absolute Gasteiger partial charge is 0.405 e. The second-order valence-electron chi connectivity index (χ2n) is 4.53. The quantitative estimate of drug-likeness (QED) is 0.237. The number of carboxylic acid groups (broad SMARTS) is 1. The Morgan fingerprint density at radius 3 is 2.71 bits per heavy atom. The topological polar surface area (TPSA) is 157 Å². The Morgan fingerprint density at radius 1 is 1.46 bits per heavy atom. The molecule has 0 spiro atoms. The molecule has 1 aliphatic carbocycles. The van der Waals surface area contributed by atoms with Crippen LogP contribution in [-0.2, 0) is 23.9 Å². The van der Waals surface area contributed by atoms with E-state index >= 15 is 0 Å². The Labute approximate surface area is 137 Å². The fourth-order valence-electron chi connectivity index (χ4n) is 1.78. The van der Waals surface area contributed by atoms with Crippen LogP contribution in [0.5, 0.6) is 0 Å². The van der Waals surface area contributed by atoms with Crippen molar-refractivity contribution in [1.29, 1.82) is 0 Å². The SMILES string of the molecule is COC1=CC(=C=O)C(OCCNC(=O)C(NC(=O)O)C(N)=O)C=C1. The number of carbonyl (C=O) groups excluding carboxylic acids is 3. The van der Waals surface area contributed by atoms with Crippen LogP contribution in [0.4, 0.5) is 4.79 Å². The first kappa shape index (κ1) is 18.9. The van der Waals surface area contributed by atoms with Crippen LogP contribution in [0, 0.1) is 0 Å². The molecule has 0 aromatic heterocycles. The van der Waals surface area contributed by atoms with E-state index in [1.165, 1.54) is 13.2 Å². The van der Waals surface area contributed by atoms with Crippen LogP contribution in [0.15, 0.2) is 29.6 Å². The van der Waals surface area contributed by atoms with E-state index in [1.807, 2.05) is 0 Å². The second-order valence-corrected chi connectivity index (χ2v) is 4.53. The molecule has 0 aliphatic heterocycles. The number of carbonyl (C=O) groups is 3. The third-order valence-electron chi connectivity index (χ3n) is 2.91. The molecule has 5 N–H and O–H groups in total. The molecule has 2 atom stereocenters. The number of primary amides is 1. The average Bonchev–Trinajstić information content (AvgIpc) is 2.55. The summed E-state index contributed by atoms with van der Waals surface area (Å²) in [4.78, 5) is 44.1. The Morgan fingerprint density at radius 2 is 2.17 bits per heavy atom. The van der Waals surface area contributed by atoms with Gasteiger partial charge in [0.15, 0.2) is 6.04 Å². The van der Waals surface area contributed by atoms with Crippen molar-refractivity contribution in [3.63, 3.8) is 0 Å². The summed E-state index contributed by atoms with van der Waals surface area (Å²) in [6.07, 6.45) is 2.46. The number of rotatable bonds is 8. The van der Waals surface area contributed by atoms with Crippen LogP contribution in [0.1, 0.15) is 0 Å². The number of allylic oxidation sites excluding steroid dienone is 1. The Balaban J connectivity index is 2.45. The molecular weight excluding hydrogens is 322 g/mol. The summed E-state index contributed by atoms with van der Waals surface area (Å²) in [6, 6.07) is -1.70. The minimum Gasteiger partial charge on any atom is -0.497 e. The van der Waals surface area contributed by atoms with Gasteiger partial charge in [0.1, 0.15) is 17.8 Å². The molecule has 0 aromatic rings. The first-order valence-corrected chi connectivity index (χ1v) is 6.76. The lowest BCUT2D eigenvalue weighted by molar-refractivity contribution is -0.130. The van der Waals surface area contributed by atoms with Gasteiger partial charge >= 0.3 is 6.09 Å². The van der Waals surface area contributed by atoms with Gasteiger partial charge in [-0.25, -0.2) is 9.59 Å². The number of amides is 3. The maximum absolute atomic E-state index is 11.7. The highest BCUT2D eigenvalue weighted by atomic mass is 16.5. The van der Waals surface area contributed by atoms with Gasteiger partial charge in [-0.2, -0.15) is 0 Å². The highest BCUT2D eigenvalue weighted by molar-refractivity contribution is 6.05. The van der Waals surface area contributed by atoms with Gasteiger partial charge < -0.3 is 30.9 Å². The largest absolute Gasteiger partial charge is 0.497 e. The van der Waals surface area contributed by atoms with E-state index in [-0.39, 0.29) is 18.7 Å². The van der Waals surface area contributed by atoms with Crippen molar-refractivity contribution in [2.75, 3.05) is 20.3 Å². The van der Waals surface area contributed by atoms with Crippen molar-refractivity contribution in [2.45, 2.75) is 12.1 Å². The predicted molar refractivity (Wildman–Crippen MR) is 80.3 cm³/mol. The first-order valence-electron chi connectivity index (χ1n) is 6.76. The molecule has 0 radical (unpaired) electrons. The van der Waals surface area contributed by atoms with Crippen molar-refractivity contribution >= 4 is 23.8 Å². The van der Waals surface area contributed by atoms with E-state index in [0.29, 0.717) is 5.76 Å². The molecule has 130 valence electrons. The van der Waals surface area contributed by atoms with Crippen molar-refractivity contribution < 1.29 is 33.8 Å². The zero-order chi connectivity index (χ0) is 18.1. The molecule has 0 fully saturated rings. The van der Waals surface area contributed by atoms with Gasteiger partial charge in [0.25, 0.3) is 5.91 Å². The number of hydrogen-bond donors (Lipinski definition) is 4. The van der Waals surface area contributed by atoms with E-state index in [9.17, 15) is 19.2 Å². The molecule has 0 heterocycles. The van der Waals surface area contributed by atoms with Crippen molar-refractivity contribution in [2.24, 2.45) is 5.73 Å². The van der Waals surface area contributed by atoms with Crippen LogP contribution >= 0.6 is 0 Å². The van der Waals surface area contributed by atoms with Crippen molar-refractivity contribution in [3.05, 3.63) is 29.6 Å². The van der Waals surface area contributed by atoms with Crippen molar-refractivity contribution in [3.8, 4) is 0 Å². The van der Waals surface area contributed by atoms with Gasteiger partial charge in [0, 0.05) is 6.54 Å². The highest BCUT2D eigenvalue weighted by Crippen LogP contribution is 2.17. The summed E-state index contributed by atoms with van der Waals surface area (Å²) in [5, 5.41) is 12.5. The monoisotopic (exact) mass is 339 g/mol. The summed E-state index contributed by atoms with van der Waals surface area (Å²) in [5.41, 5.74) is 5.16. The van der Waals surface area contributed by atoms with E-state index in [1.54, 1.807) is 23.4 Å². The summed E-state index contributed by atoms with van der Waals surface area (Å²) in [7, 11) is 1.45. The summed E-state index contributed by atoms with van der Waals surface area (Å²) in [6.45, 7) is -0.0259. The van der Waals surface area contributed by atoms with Gasteiger partial charge in [-0.3, -0.25) is 9.59 Å². The molecule has 0 saturated carbocycles. The molecule has 0 saturated heterocycles. The van der Waals surface area contributed by atoms with Crippen LogP contribution in [-0.4, -0.2) is 61.4 Å². The Kier molecular flexibility index (Phi) is 7.21. The minimum absolute atomic E-state index is 0.000630. The van der Waals surface area contributed by atoms with Crippen LogP contribution < -0.4 is 16.4 Å². The standard InChI is InChI=1S/C14H17N3O7/c1-23-9-2-3-10(8(6-9)7-18)24-5-4-16-13(20)11(12(15)19)17-14(21)22/h2-3,6,10-11,17H,4-5H2,1H3,(H2,15,19)(H,16,20)(H,21,22). The molecule has 0 aromatic carbocycles. The van der Waals surface area contributed by atoms with Gasteiger partial charge in [0.2, 0.25) is 5.91 Å². The van der Waals surface area contributed by atoms with Crippen LogP contribution in [0.3, 0.4) is 0 Å². The molecule has 1 rings (SSSR count). The highest BCUT2D eigenvalue weighted by Gasteiger charge is 2.26. The normalized spacial score (nSPS) is 17.3. The van der Waals surface area contributed by atoms with Gasteiger partial charge in [-0.15, -0.1) is 0 Å². The van der Waals surface area contributed by atoms with Gasteiger partial charge in [-0.1, -0.05) is 0 Å². The lowest BCUT2D eigenvalue weighted by atomic mass is 10.1. The minimum atomic E-state index is -1.70. The fourth-order valence-corrected chi connectivity index (χ4v) is 1.78. The maximum Gasteiger partial charge on any atom is 0.405 e. The molecule has 3 amide bonds. The third kappa shape index (κ3) is 5.59. The van der Waals surface area contributed by atoms with E-state index in [2.05, 4.69) is 5.32 Å². The third-order valence-corrected chi connectivity index (χ3v) is 2.91. The van der Waals surface area contributed by atoms with Gasteiger partial charge in [0.05, 0.1) is 19.3 Å². The zero-order valence-corrected chi connectivity index (χ0v) is 12.8. The molecular formula is C14H17N3O7.